The Bertz CT molecular complexity index is 648. The summed E-state index contributed by atoms with van der Waals surface area (Å²) in [5, 5.41) is 0.187. The first-order valence-electron chi connectivity index (χ1n) is 4.54. The van der Waals surface area contributed by atoms with E-state index in [1.807, 2.05) is 22.6 Å². The van der Waals surface area contributed by atoms with E-state index in [1.165, 1.54) is 12.1 Å². The molecule has 0 atom stereocenters. The molecule has 0 N–H and O–H groups in total. The second kappa shape index (κ2) is 3.97. The molecule has 0 aliphatic carbocycles. The van der Waals surface area contributed by atoms with Crippen LogP contribution < -0.4 is 5.56 Å². The molecule has 0 spiro atoms. The summed E-state index contributed by atoms with van der Waals surface area (Å²) in [6.07, 6.45) is -4.63. The van der Waals surface area contributed by atoms with Gasteiger partial charge in [-0.3, -0.25) is 9.36 Å². The van der Waals surface area contributed by atoms with Gasteiger partial charge in [0, 0.05) is 10.6 Å². The molecule has 0 saturated carbocycles. The predicted octanol–water partition coefficient (Wildman–Crippen LogP) is 2.56. The molecule has 1 aromatic carbocycles. The molecule has 2 rings (SSSR count). The van der Waals surface area contributed by atoms with Crippen molar-refractivity contribution in [2.75, 3.05) is 0 Å². The number of fused-ring (bicyclic) bond motifs is 1. The van der Waals surface area contributed by atoms with Gasteiger partial charge in [0.15, 0.2) is 0 Å². The lowest BCUT2D eigenvalue weighted by molar-refractivity contribution is -0.147. The Morgan fingerprint density at radius 1 is 1.35 bits per heavy atom. The molecule has 0 fully saturated rings. The number of hydrogen-bond acceptors (Lipinski definition) is 2. The Labute approximate surface area is 107 Å². The lowest BCUT2D eigenvalue weighted by Crippen LogP contribution is -2.27. The van der Waals surface area contributed by atoms with Gasteiger partial charge in [0.2, 0.25) is 5.82 Å². The number of rotatable bonds is 0. The third kappa shape index (κ3) is 2.15. The summed E-state index contributed by atoms with van der Waals surface area (Å²) in [6.45, 7) is 0. The van der Waals surface area contributed by atoms with E-state index in [0.29, 0.717) is 4.57 Å². The van der Waals surface area contributed by atoms with Gasteiger partial charge in [0.25, 0.3) is 5.56 Å². The zero-order valence-corrected chi connectivity index (χ0v) is 10.7. The van der Waals surface area contributed by atoms with E-state index in [9.17, 15) is 18.0 Å². The second-order valence-corrected chi connectivity index (χ2v) is 4.70. The second-order valence-electron chi connectivity index (χ2n) is 3.46. The van der Waals surface area contributed by atoms with Crippen molar-refractivity contribution in [3.05, 3.63) is 37.9 Å². The van der Waals surface area contributed by atoms with Crippen LogP contribution in [-0.2, 0) is 13.2 Å². The largest absolute Gasteiger partial charge is 0.449 e. The monoisotopic (exact) mass is 354 g/mol. The maximum absolute atomic E-state index is 12.6. The van der Waals surface area contributed by atoms with Crippen molar-refractivity contribution in [2.24, 2.45) is 7.05 Å². The number of alkyl halides is 3. The fourth-order valence-corrected chi connectivity index (χ4v) is 1.99. The lowest BCUT2D eigenvalue weighted by Gasteiger charge is -2.11. The average Bonchev–Trinajstić information content (AvgIpc) is 2.22. The van der Waals surface area contributed by atoms with E-state index in [0.717, 1.165) is 10.6 Å². The van der Waals surface area contributed by atoms with Crippen molar-refractivity contribution in [3.8, 4) is 0 Å². The maximum Gasteiger partial charge on any atom is 0.449 e. The fraction of sp³-hybridized carbons (Fsp3) is 0.200. The highest BCUT2D eigenvalue weighted by Crippen LogP contribution is 2.27. The topological polar surface area (TPSA) is 34.9 Å². The first-order chi connectivity index (χ1) is 7.80. The van der Waals surface area contributed by atoms with Gasteiger partial charge in [-0.05, 0) is 40.8 Å². The minimum Gasteiger partial charge on any atom is -0.292 e. The minimum atomic E-state index is -4.63. The Balaban J connectivity index is 2.90. The molecule has 0 saturated heterocycles. The maximum atomic E-state index is 12.6. The predicted molar refractivity (Wildman–Crippen MR) is 64.7 cm³/mol. The Hall–Kier alpha value is -1.12. The highest BCUT2D eigenvalue weighted by molar-refractivity contribution is 14.1. The molecular formula is C10H6F3IN2O. The standard InChI is InChI=1S/C10H6F3IN2O/c1-16-8(17)6-4-5(14)2-3-7(6)15-9(16)10(11,12)13/h2-4H,1H3. The highest BCUT2D eigenvalue weighted by Gasteiger charge is 2.36. The molecule has 1 heterocycles. The molecule has 2 aromatic rings. The number of aromatic nitrogens is 2. The Morgan fingerprint density at radius 2 is 2.00 bits per heavy atom. The van der Waals surface area contributed by atoms with Gasteiger partial charge in [-0.1, -0.05) is 0 Å². The molecule has 17 heavy (non-hydrogen) atoms. The average molecular weight is 354 g/mol. The van der Waals surface area contributed by atoms with Crippen LogP contribution in [0.25, 0.3) is 10.9 Å². The summed E-state index contributed by atoms with van der Waals surface area (Å²) in [4.78, 5) is 15.3. The van der Waals surface area contributed by atoms with Crippen molar-refractivity contribution in [3.63, 3.8) is 0 Å². The van der Waals surface area contributed by atoms with Crippen molar-refractivity contribution in [1.29, 1.82) is 0 Å². The number of benzene rings is 1. The van der Waals surface area contributed by atoms with Crippen LogP contribution in [0.1, 0.15) is 5.82 Å². The summed E-state index contributed by atoms with van der Waals surface area (Å²) in [5.74, 6) is -1.18. The Kier molecular flexibility index (Phi) is 2.88. The zero-order valence-electron chi connectivity index (χ0n) is 8.55. The molecule has 0 bridgehead atoms. The van der Waals surface area contributed by atoms with Crippen molar-refractivity contribution in [2.45, 2.75) is 6.18 Å². The first kappa shape index (κ1) is 12.3. The zero-order chi connectivity index (χ0) is 12.8. The van der Waals surface area contributed by atoms with Crippen LogP contribution in [0.3, 0.4) is 0 Å². The van der Waals surface area contributed by atoms with Crippen molar-refractivity contribution >= 4 is 33.5 Å². The third-order valence-electron chi connectivity index (χ3n) is 2.29. The summed E-state index contributed by atoms with van der Waals surface area (Å²) in [6, 6.07) is 4.54. The first-order valence-corrected chi connectivity index (χ1v) is 5.62. The van der Waals surface area contributed by atoms with Gasteiger partial charge < -0.3 is 0 Å². The Morgan fingerprint density at radius 3 is 2.59 bits per heavy atom. The van der Waals surface area contributed by atoms with Gasteiger partial charge in [-0.15, -0.1) is 0 Å². The van der Waals surface area contributed by atoms with Crippen LogP contribution >= 0.6 is 22.6 Å². The van der Waals surface area contributed by atoms with Crippen LogP contribution in [0.15, 0.2) is 23.0 Å². The fourth-order valence-electron chi connectivity index (χ4n) is 1.50. The van der Waals surface area contributed by atoms with Gasteiger partial charge in [-0.25, -0.2) is 4.98 Å². The number of hydrogen-bond donors (Lipinski definition) is 0. The SMILES string of the molecule is Cn1c(C(F)(F)F)nc2ccc(I)cc2c1=O. The molecule has 0 aliphatic heterocycles. The number of nitrogens with zero attached hydrogens (tertiary/aromatic N) is 2. The van der Waals surface area contributed by atoms with E-state index in [-0.39, 0.29) is 10.9 Å². The third-order valence-corrected chi connectivity index (χ3v) is 2.96. The van der Waals surface area contributed by atoms with Gasteiger partial charge in [0.05, 0.1) is 10.9 Å². The summed E-state index contributed by atoms with van der Waals surface area (Å²) in [7, 11) is 1.07. The molecule has 0 unspecified atom stereocenters. The highest BCUT2D eigenvalue weighted by atomic mass is 127. The molecule has 3 nitrogen and oxygen atoms in total. The molecule has 1 aromatic heterocycles. The quantitative estimate of drug-likeness (QED) is 0.682. The normalized spacial score (nSPS) is 12.1. The van der Waals surface area contributed by atoms with E-state index in [1.54, 1.807) is 6.07 Å². The van der Waals surface area contributed by atoms with Crippen LogP contribution in [0.4, 0.5) is 13.2 Å². The summed E-state index contributed by atoms with van der Waals surface area (Å²) < 4.78 is 39.1. The van der Waals surface area contributed by atoms with Gasteiger partial charge in [-0.2, -0.15) is 13.2 Å². The lowest BCUT2D eigenvalue weighted by atomic mass is 10.2. The summed E-state index contributed by atoms with van der Waals surface area (Å²) in [5.41, 5.74) is -0.637. The molecule has 0 amide bonds. The van der Waals surface area contributed by atoms with Crippen molar-refractivity contribution < 1.29 is 13.2 Å². The van der Waals surface area contributed by atoms with Crippen LogP contribution in [0.2, 0.25) is 0 Å². The van der Waals surface area contributed by atoms with Crippen molar-refractivity contribution in [1.82, 2.24) is 9.55 Å². The van der Waals surface area contributed by atoms with E-state index in [2.05, 4.69) is 4.98 Å². The van der Waals surface area contributed by atoms with Crippen LogP contribution in [0.5, 0.6) is 0 Å². The molecule has 7 heteroatoms. The van der Waals surface area contributed by atoms with E-state index in [4.69, 9.17) is 0 Å². The van der Waals surface area contributed by atoms with Gasteiger partial charge >= 0.3 is 6.18 Å². The van der Waals surface area contributed by atoms with Crippen LogP contribution in [-0.4, -0.2) is 9.55 Å². The molecule has 0 aliphatic rings. The van der Waals surface area contributed by atoms with E-state index < -0.39 is 17.6 Å². The number of halogens is 4. The van der Waals surface area contributed by atoms with Crippen LogP contribution in [0, 0.1) is 3.57 Å². The van der Waals surface area contributed by atoms with E-state index >= 15 is 0 Å². The minimum absolute atomic E-state index is 0.0563. The van der Waals surface area contributed by atoms with Gasteiger partial charge in [0.1, 0.15) is 0 Å². The molecular weight excluding hydrogens is 348 g/mol. The summed E-state index contributed by atoms with van der Waals surface area (Å²) >= 11 is 1.98. The molecule has 90 valence electrons. The smallest absolute Gasteiger partial charge is 0.292 e. The molecule has 0 radical (unpaired) electrons.